The molecule has 2 unspecified atom stereocenters. The van der Waals surface area contributed by atoms with Crippen LogP contribution in [0.5, 0.6) is 0 Å². The predicted octanol–water partition coefficient (Wildman–Crippen LogP) is 1.93. The molecule has 96 valence electrons. The number of rotatable bonds is 2. The molecule has 1 aromatic heterocycles. The Morgan fingerprint density at radius 3 is 3.06 bits per heavy atom. The number of nitrogens with zero attached hydrogens (tertiary/aromatic N) is 1. The van der Waals surface area contributed by atoms with Crippen LogP contribution in [0.15, 0.2) is 24.3 Å². The van der Waals surface area contributed by atoms with Crippen LogP contribution in [0.25, 0.3) is 10.9 Å². The molecular formula is C14H18FN3. The molecule has 3 nitrogen and oxygen atoms in total. The minimum absolute atomic E-state index is 0.186. The van der Waals surface area contributed by atoms with Crippen LogP contribution in [-0.4, -0.2) is 17.7 Å². The highest BCUT2D eigenvalue weighted by molar-refractivity contribution is 5.81. The molecule has 4 heteroatoms. The number of fused-ring (bicyclic) bond motifs is 1. The maximum absolute atomic E-state index is 13.3. The fraction of sp³-hybridized carbons (Fsp3) is 0.429. The van der Waals surface area contributed by atoms with E-state index in [0.29, 0.717) is 12.5 Å². The van der Waals surface area contributed by atoms with E-state index in [4.69, 9.17) is 5.73 Å². The molecule has 2 atom stereocenters. The number of aryl methyl sites for hydroxylation is 1. The van der Waals surface area contributed by atoms with Crippen molar-refractivity contribution in [3.05, 3.63) is 35.8 Å². The lowest BCUT2D eigenvalue weighted by Gasteiger charge is -2.19. The van der Waals surface area contributed by atoms with E-state index in [1.165, 1.54) is 11.8 Å². The Labute approximate surface area is 106 Å². The fourth-order valence-electron chi connectivity index (χ4n) is 3.00. The zero-order valence-electron chi connectivity index (χ0n) is 10.5. The summed E-state index contributed by atoms with van der Waals surface area (Å²) in [5, 5.41) is 4.45. The van der Waals surface area contributed by atoms with Gasteiger partial charge < -0.3 is 15.6 Å². The van der Waals surface area contributed by atoms with Crippen molar-refractivity contribution in [2.24, 2.45) is 18.7 Å². The third-order valence-electron chi connectivity index (χ3n) is 4.01. The third-order valence-corrected chi connectivity index (χ3v) is 4.01. The SMILES string of the molecule is Cn1c(C2NCCC2CN)cc2cc(F)ccc21. The molecule has 3 rings (SSSR count). The van der Waals surface area contributed by atoms with Gasteiger partial charge in [0.15, 0.2) is 0 Å². The average molecular weight is 247 g/mol. The second-order valence-electron chi connectivity index (χ2n) is 5.05. The molecule has 0 bridgehead atoms. The molecule has 0 aliphatic carbocycles. The van der Waals surface area contributed by atoms with Crippen molar-refractivity contribution in [1.29, 1.82) is 0 Å². The lowest BCUT2D eigenvalue weighted by Crippen LogP contribution is -2.25. The summed E-state index contributed by atoms with van der Waals surface area (Å²) in [7, 11) is 2.03. The average Bonchev–Trinajstić information content (AvgIpc) is 2.93. The van der Waals surface area contributed by atoms with Gasteiger partial charge in [0.1, 0.15) is 5.82 Å². The van der Waals surface area contributed by atoms with E-state index >= 15 is 0 Å². The van der Waals surface area contributed by atoms with Crippen LogP contribution in [0.4, 0.5) is 4.39 Å². The van der Waals surface area contributed by atoms with Gasteiger partial charge >= 0.3 is 0 Å². The van der Waals surface area contributed by atoms with Gasteiger partial charge in [0.2, 0.25) is 0 Å². The maximum atomic E-state index is 13.3. The molecule has 0 radical (unpaired) electrons. The molecule has 1 aliphatic rings. The van der Waals surface area contributed by atoms with E-state index in [0.717, 1.165) is 23.9 Å². The fourth-order valence-corrected chi connectivity index (χ4v) is 3.00. The third kappa shape index (κ3) is 1.72. The van der Waals surface area contributed by atoms with Gasteiger partial charge in [-0.15, -0.1) is 0 Å². The van der Waals surface area contributed by atoms with Crippen LogP contribution in [-0.2, 0) is 7.05 Å². The number of hydrogen-bond acceptors (Lipinski definition) is 2. The lowest BCUT2D eigenvalue weighted by atomic mass is 9.98. The summed E-state index contributed by atoms with van der Waals surface area (Å²) < 4.78 is 15.4. The van der Waals surface area contributed by atoms with Crippen molar-refractivity contribution >= 4 is 10.9 Å². The van der Waals surface area contributed by atoms with Crippen molar-refractivity contribution in [2.45, 2.75) is 12.5 Å². The molecule has 0 amide bonds. The first-order chi connectivity index (χ1) is 8.70. The summed E-state index contributed by atoms with van der Waals surface area (Å²) in [5.41, 5.74) is 8.08. The minimum atomic E-state index is -0.186. The number of nitrogens with one attached hydrogen (secondary N) is 1. The Balaban J connectivity index is 2.09. The van der Waals surface area contributed by atoms with E-state index in [9.17, 15) is 4.39 Å². The van der Waals surface area contributed by atoms with Gasteiger partial charge in [0.05, 0.1) is 6.04 Å². The normalized spacial score (nSPS) is 23.9. The minimum Gasteiger partial charge on any atom is -0.346 e. The van der Waals surface area contributed by atoms with Crippen LogP contribution in [0.2, 0.25) is 0 Å². The second-order valence-corrected chi connectivity index (χ2v) is 5.05. The lowest BCUT2D eigenvalue weighted by molar-refractivity contribution is 0.455. The van der Waals surface area contributed by atoms with Gasteiger partial charge in [-0.3, -0.25) is 0 Å². The van der Waals surface area contributed by atoms with Crippen molar-refractivity contribution < 1.29 is 4.39 Å². The predicted molar refractivity (Wildman–Crippen MR) is 70.8 cm³/mol. The first kappa shape index (κ1) is 11.7. The van der Waals surface area contributed by atoms with Gasteiger partial charge in [-0.05, 0) is 49.7 Å². The van der Waals surface area contributed by atoms with Gasteiger partial charge in [-0.2, -0.15) is 0 Å². The van der Waals surface area contributed by atoms with Crippen LogP contribution in [0.3, 0.4) is 0 Å². The zero-order valence-corrected chi connectivity index (χ0v) is 10.5. The molecular weight excluding hydrogens is 229 g/mol. The smallest absolute Gasteiger partial charge is 0.123 e. The number of benzene rings is 1. The summed E-state index contributed by atoms with van der Waals surface area (Å²) in [4.78, 5) is 0. The van der Waals surface area contributed by atoms with Crippen LogP contribution in [0.1, 0.15) is 18.2 Å². The molecule has 1 aromatic carbocycles. The van der Waals surface area contributed by atoms with Gasteiger partial charge in [0.25, 0.3) is 0 Å². The Kier molecular flexibility index (Phi) is 2.84. The Bertz CT molecular complexity index is 576. The summed E-state index contributed by atoms with van der Waals surface area (Å²) in [5.74, 6) is 0.285. The quantitative estimate of drug-likeness (QED) is 0.851. The maximum Gasteiger partial charge on any atom is 0.123 e. The van der Waals surface area contributed by atoms with Gasteiger partial charge in [-0.1, -0.05) is 0 Å². The zero-order chi connectivity index (χ0) is 12.7. The highest BCUT2D eigenvalue weighted by Gasteiger charge is 2.29. The summed E-state index contributed by atoms with van der Waals surface area (Å²) in [6, 6.07) is 7.29. The number of halogens is 1. The molecule has 18 heavy (non-hydrogen) atoms. The Morgan fingerprint density at radius 2 is 2.28 bits per heavy atom. The molecule has 1 aliphatic heterocycles. The van der Waals surface area contributed by atoms with Crippen LogP contribution >= 0.6 is 0 Å². The molecule has 0 spiro atoms. The van der Waals surface area contributed by atoms with E-state index in [1.807, 2.05) is 13.1 Å². The molecule has 2 heterocycles. The van der Waals surface area contributed by atoms with Crippen molar-refractivity contribution in [3.63, 3.8) is 0 Å². The van der Waals surface area contributed by atoms with E-state index in [1.54, 1.807) is 6.07 Å². The number of aromatic nitrogens is 1. The van der Waals surface area contributed by atoms with E-state index in [2.05, 4.69) is 16.0 Å². The summed E-state index contributed by atoms with van der Waals surface area (Å²) in [6.07, 6.45) is 1.11. The summed E-state index contributed by atoms with van der Waals surface area (Å²) in [6.45, 7) is 1.69. The largest absolute Gasteiger partial charge is 0.346 e. The highest BCUT2D eigenvalue weighted by atomic mass is 19.1. The van der Waals surface area contributed by atoms with Crippen molar-refractivity contribution in [2.75, 3.05) is 13.1 Å². The molecule has 0 saturated carbocycles. The molecule has 1 saturated heterocycles. The van der Waals surface area contributed by atoms with E-state index < -0.39 is 0 Å². The standard InChI is InChI=1S/C14H18FN3/c1-18-12-3-2-11(15)6-10(12)7-13(18)14-9(8-16)4-5-17-14/h2-3,6-7,9,14,17H,4-5,8,16H2,1H3. The highest BCUT2D eigenvalue weighted by Crippen LogP contribution is 2.32. The topological polar surface area (TPSA) is 43.0 Å². The second kappa shape index (κ2) is 4.37. The first-order valence-electron chi connectivity index (χ1n) is 6.39. The molecule has 1 fully saturated rings. The molecule has 3 N–H and O–H groups in total. The summed E-state index contributed by atoms with van der Waals surface area (Å²) >= 11 is 0. The Morgan fingerprint density at radius 1 is 1.44 bits per heavy atom. The first-order valence-corrected chi connectivity index (χ1v) is 6.39. The van der Waals surface area contributed by atoms with Crippen molar-refractivity contribution in [3.8, 4) is 0 Å². The van der Waals surface area contributed by atoms with Crippen LogP contribution in [0, 0.1) is 11.7 Å². The van der Waals surface area contributed by atoms with Crippen molar-refractivity contribution in [1.82, 2.24) is 9.88 Å². The van der Waals surface area contributed by atoms with Gasteiger partial charge in [0, 0.05) is 23.6 Å². The number of hydrogen-bond donors (Lipinski definition) is 2. The number of nitrogens with two attached hydrogens (primary N) is 1. The monoisotopic (exact) mass is 247 g/mol. The van der Waals surface area contributed by atoms with Gasteiger partial charge in [-0.25, -0.2) is 4.39 Å². The Hall–Kier alpha value is -1.39. The molecule has 2 aromatic rings. The van der Waals surface area contributed by atoms with Crippen LogP contribution < -0.4 is 11.1 Å². The van der Waals surface area contributed by atoms with E-state index in [-0.39, 0.29) is 11.9 Å².